The molecule has 0 bridgehead atoms. The number of hydrogen-bond acceptors (Lipinski definition) is 7. The van der Waals surface area contributed by atoms with Crippen LogP contribution in [0.25, 0.3) is 22.2 Å². The van der Waals surface area contributed by atoms with E-state index in [4.69, 9.17) is 28.9 Å². The SMILES string of the molecule is CSc1ncc2cc(-c3c(Cl)ccc(N4C(=O)c5ccccc5C4=O)c3Cl)c(N)nc2n1. The molecule has 2 N–H and O–H groups in total. The standard InChI is InChI=1S/C22H13Cl2N5O2S/c1-32-22-26-9-10-8-13(18(25)27-19(10)28-22)16-14(23)6-7-15(17(16)24)29-20(30)11-4-2-3-5-12(11)21(29)31/h2-9H,1H3,(H2,25,26,27,28). The molecule has 5 rings (SSSR count). The first-order valence-electron chi connectivity index (χ1n) is 9.34. The van der Waals surface area contributed by atoms with Crippen molar-refractivity contribution in [2.24, 2.45) is 0 Å². The van der Waals surface area contributed by atoms with Crippen LogP contribution in [-0.4, -0.2) is 33.0 Å². The number of rotatable bonds is 3. The third kappa shape index (κ3) is 3.10. The Hall–Kier alpha value is -3.20. The predicted molar refractivity (Wildman–Crippen MR) is 127 cm³/mol. The average molecular weight is 482 g/mol. The molecule has 2 amide bonds. The molecule has 7 nitrogen and oxygen atoms in total. The molecule has 158 valence electrons. The number of halogens is 2. The first kappa shape index (κ1) is 20.7. The number of thioether (sulfide) groups is 1. The highest BCUT2D eigenvalue weighted by molar-refractivity contribution is 7.98. The zero-order valence-electron chi connectivity index (χ0n) is 16.5. The van der Waals surface area contributed by atoms with Crippen LogP contribution in [0.4, 0.5) is 11.5 Å². The first-order chi connectivity index (χ1) is 15.4. The minimum Gasteiger partial charge on any atom is -0.383 e. The van der Waals surface area contributed by atoms with Gasteiger partial charge in [-0.05, 0) is 36.6 Å². The summed E-state index contributed by atoms with van der Waals surface area (Å²) in [5.41, 5.74) is 8.34. The molecule has 0 saturated heterocycles. The molecule has 10 heteroatoms. The monoisotopic (exact) mass is 481 g/mol. The van der Waals surface area contributed by atoms with E-state index in [-0.39, 0.29) is 16.5 Å². The number of aromatic nitrogens is 3. The van der Waals surface area contributed by atoms with Crippen molar-refractivity contribution in [1.82, 2.24) is 15.0 Å². The molecule has 0 fully saturated rings. The fourth-order valence-electron chi connectivity index (χ4n) is 3.63. The van der Waals surface area contributed by atoms with E-state index in [1.807, 2.05) is 6.26 Å². The van der Waals surface area contributed by atoms with Gasteiger partial charge in [0.25, 0.3) is 11.8 Å². The number of anilines is 2. The highest BCUT2D eigenvalue weighted by atomic mass is 35.5. The fraction of sp³-hybridized carbons (Fsp3) is 0.0455. The molecule has 0 atom stereocenters. The van der Waals surface area contributed by atoms with Gasteiger partial charge in [0.15, 0.2) is 10.8 Å². The second-order valence-corrected chi connectivity index (χ2v) is 8.50. The second-order valence-electron chi connectivity index (χ2n) is 6.94. The molecular weight excluding hydrogens is 469 g/mol. The summed E-state index contributed by atoms with van der Waals surface area (Å²) in [6, 6.07) is 11.5. The zero-order valence-corrected chi connectivity index (χ0v) is 18.8. The lowest BCUT2D eigenvalue weighted by Gasteiger charge is -2.19. The van der Waals surface area contributed by atoms with Crippen molar-refractivity contribution in [3.05, 3.63) is 69.8 Å². The molecule has 0 unspecified atom stereocenters. The van der Waals surface area contributed by atoms with Gasteiger partial charge in [0.1, 0.15) is 5.82 Å². The van der Waals surface area contributed by atoms with Gasteiger partial charge in [-0.15, -0.1) is 0 Å². The van der Waals surface area contributed by atoms with Gasteiger partial charge in [0, 0.05) is 22.7 Å². The number of amides is 2. The summed E-state index contributed by atoms with van der Waals surface area (Å²) in [6.07, 6.45) is 3.50. The van der Waals surface area contributed by atoms with Gasteiger partial charge in [0.05, 0.1) is 26.9 Å². The van der Waals surface area contributed by atoms with Gasteiger partial charge in [-0.1, -0.05) is 47.1 Å². The molecule has 0 radical (unpaired) electrons. The molecule has 32 heavy (non-hydrogen) atoms. The molecule has 2 aromatic carbocycles. The smallest absolute Gasteiger partial charge is 0.266 e. The Kier molecular flexibility index (Phi) is 5.00. The molecular formula is C22H13Cl2N5O2S. The van der Waals surface area contributed by atoms with Crippen molar-refractivity contribution in [2.75, 3.05) is 16.9 Å². The van der Waals surface area contributed by atoms with E-state index in [9.17, 15) is 9.59 Å². The van der Waals surface area contributed by atoms with Crippen LogP contribution in [0.15, 0.2) is 53.8 Å². The van der Waals surface area contributed by atoms with Crippen molar-refractivity contribution in [2.45, 2.75) is 5.16 Å². The molecule has 3 heterocycles. The largest absolute Gasteiger partial charge is 0.383 e. The summed E-state index contributed by atoms with van der Waals surface area (Å²) in [4.78, 5) is 40.0. The third-order valence-electron chi connectivity index (χ3n) is 5.13. The third-order valence-corrected chi connectivity index (χ3v) is 6.39. The van der Waals surface area contributed by atoms with Crippen LogP contribution in [0.2, 0.25) is 10.0 Å². The Morgan fingerprint density at radius 1 is 0.969 bits per heavy atom. The first-order valence-corrected chi connectivity index (χ1v) is 11.3. The summed E-state index contributed by atoms with van der Waals surface area (Å²) in [6.45, 7) is 0. The maximum absolute atomic E-state index is 13.0. The molecule has 0 spiro atoms. The summed E-state index contributed by atoms with van der Waals surface area (Å²) in [5, 5.41) is 1.62. The van der Waals surface area contributed by atoms with Gasteiger partial charge < -0.3 is 5.73 Å². The van der Waals surface area contributed by atoms with Crippen molar-refractivity contribution in [3.63, 3.8) is 0 Å². The van der Waals surface area contributed by atoms with Crippen LogP contribution in [0.3, 0.4) is 0 Å². The zero-order chi connectivity index (χ0) is 22.6. The van der Waals surface area contributed by atoms with Gasteiger partial charge in [-0.2, -0.15) is 0 Å². The van der Waals surface area contributed by atoms with E-state index in [0.717, 1.165) is 4.90 Å². The lowest BCUT2D eigenvalue weighted by molar-refractivity contribution is 0.0926. The lowest BCUT2D eigenvalue weighted by atomic mass is 10.0. The van der Waals surface area contributed by atoms with Crippen LogP contribution >= 0.6 is 35.0 Å². The number of imide groups is 1. The summed E-state index contributed by atoms with van der Waals surface area (Å²) in [5.74, 6) is -0.752. The number of nitrogens with two attached hydrogens (primary N) is 1. The summed E-state index contributed by atoms with van der Waals surface area (Å²) in [7, 11) is 0. The quantitative estimate of drug-likeness (QED) is 0.246. The van der Waals surface area contributed by atoms with Crippen molar-refractivity contribution >= 4 is 69.3 Å². The van der Waals surface area contributed by atoms with Crippen LogP contribution in [0.5, 0.6) is 0 Å². The van der Waals surface area contributed by atoms with Crippen molar-refractivity contribution < 1.29 is 9.59 Å². The van der Waals surface area contributed by atoms with E-state index < -0.39 is 11.8 Å². The van der Waals surface area contributed by atoms with Gasteiger partial charge in [0.2, 0.25) is 0 Å². The van der Waals surface area contributed by atoms with E-state index in [2.05, 4.69) is 15.0 Å². The number of carbonyl (C=O) groups is 2. The van der Waals surface area contributed by atoms with E-state index in [1.54, 1.807) is 42.6 Å². The average Bonchev–Trinajstić information content (AvgIpc) is 3.04. The van der Waals surface area contributed by atoms with Gasteiger partial charge >= 0.3 is 0 Å². The minimum atomic E-state index is -0.455. The van der Waals surface area contributed by atoms with E-state index in [1.165, 1.54) is 17.8 Å². The normalized spacial score (nSPS) is 13.2. The molecule has 2 aromatic heterocycles. The van der Waals surface area contributed by atoms with Crippen LogP contribution in [0, 0.1) is 0 Å². The number of hydrogen-bond donors (Lipinski definition) is 1. The molecule has 1 aliphatic heterocycles. The number of nitrogen functional groups attached to an aromatic ring is 1. The minimum absolute atomic E-state index is 0.113. The number of nitrogens with zero attached hydrogens (tertiary/aromatic N) is 4. The van der Waals surface area contributed by atoms with Crippen LogP contribution < -0.4 is 10.6 Å². The Morgan fingerprint density at radius 3 is 2.31 bits per heavy atom. The highest BCUT2D eigenvalue weighted by Gasteiger charge is 2.38. The van der Waals surface area contributed by atoms with Crippen molar-refractivity contribution in [3.8, 4) is 11.1 Å². The Balaban J connectivity index is 1.68. The topological polar surface area (TPSA) is 102 Å². The summed E-state index contributed by atoms with van der Waals surface area (Å²) < 4.78 is 0. The number of pyridine rings is 1. The Bertz CT molecular complexity index is 1430. The molecule has 1 aliphatic rings. The van der Waals surface area contributed by atoms with E-state index >= 15 is 0 Å². The highest BCUT2D eigenvalue weighted by Crippen LogP contribution is 2.44. The second kappa shape index (κ2) is 7.74. The van der Waals surface area contributed by atoms with Crippen LogP contribution in [-0.2, 0) is 0 Å². The fourth-order valence-corrected chi connectivity index (χ4v) is 4.62. The predicted octanol–water partition coefficient (Wildman–Crippen LogP) is 5.10. The maximum atomic E-state index is 13.0. The molecule has 0 aliphatic carbocycles. The number of carbonyl (C=O) groups excluding carboxylic acids is 2. The van der Waals surface area contributed by atoms with Gasteiger partial charge in [-0.25, -0.2) is 19.9 Å². The molecule has 0 saturated carbocycles. The lowest BCUT2D eigenvalue weighted by Crippen LogP contribution is -2.29. The van der Waals surface area contributed by atoms with E-state index in [0.29, 0.717) is 43.5 Å². The number of benzene rings is 2. The maximum Gasteiger partial charge on any atom is 0.266 e. The Labute approximate surface area is 196 Å². The van der Waals surface area contributed by atoms with Gasteiger partial charge in [-0.3, -0.25) is 9.59 Å². The summed E-state index contributed by atoms with van der Waals surface area (Å²) >= 11 is 14.6. The van der Waals surface area contributed by atoms with Crippen molar-refractivity contribution in [1.29, 1.82) is 0 Å². The van der Waals surface area contributed by atoms with Crippen LogP contribution in [0.1, 0.15) is 20.7 Å². The number of fused-ring (bicyclic) bond motifs is 2. The molecule has 4 aromatic rings. The Morgan fingerprint density at radius 2 is 1.66 bits per heavy atom.